The van der Waals surface area contributed by atoms with Crippen LogP contribution < -0.4 is 16.6 Å². The van der Waals surface area contributed by atoms with Gasteiger partial charge in [-0.05, 0) is 36.1 Å². The fourth-order valence-electron chi connectivity index (χ4n) is 2.87. The van der Waals surface area contributed by atoms with Crippen molar-refractivity contribution in [3.63, 3.8) is 0 Å². The Hall–Kier alpha value is -3.61. The van der Waals surface area contributed by atoms with Crippen LogP contribution in [-0.4, -0.2) is 15.9 Å². The lowest BCUT2D eigenvalue weighted by Crippen LogP contribution is -2.17. The van der Waals surface area contributed by atoms with Gasteiger partial charge < -0.3 is 14.7 Å². The van der Waals surface area contributed by atoms with E-state index in [2.05, 4.69) is 15.3 Å². The van der Waals surface area contributed by atoms with Crippen molar-refractivity contribution in [3.8, 4) is 0 Å². The van der Waals surface area contributed by atoms with E-state index in [9.17, 15) is 14.4 Å². The summed E-state index contributed by atoms with van der Waals surface area (Å²) in [6.07, 6.45) is 0.490. The number of carbonyl (C=O) groups excluding carboxylic acids is 1. The number of aryl methyl sites for hydroxylation is 1. The molecule has 0 radical (unpaired) electrons. The van der Waals surface area contributed by atoms with Crippen molar-refractivity contribution in [1.82, 2.24) is 9.97 Å². The monoisotopic (exact) mass is 349 g/mol. The zero-order chi connectivity index (χ0) is 18.1. The molecule has 7 nitrogen and oxygen atoms in total. The summed E-state index contributed by atoms with van der Waals surface area (Å²) in [5, 5.41) is 3.67. The quantitative estimate of drug-likeness (QED) is 0.526. The van der Waals surface area contributed by atoms with E-state index in [4.69, 9.17) is 4.42 Å². The van der Waals surface area contributed by atoms with E-state index in [-0.39, 0.29) is 17.9 Å². The average molecular weight is 349 g/mol. The summed E-state index contributed by atoms with van der Waals surface area (Å²) >= 11 is 0. The Bertz CT molecular complexity index is 1230. The molecule has 4 aromatic rings. The number of nitrogens with one attached hydrogen (secondary N) is 3. The molecular formula is C19H15N3O4. The van der Waals surface area contributed by atoms with Gasteiger partial charge in [-0.1, -0.05) is 18.2 Å². The molecule has 1 amide bonds. The molecule has 130 valence electrons. The molecule has 26 heavy (non-hydrogen) atoms. The molecular weight excluding hydrogens is 334 g/mol. The van der Waals surface area contributed by atoms with E-state index in [1.165, 1.54) is 0 Å². The number of para-hydroxylation sites is 1. The maximum absolute atomic E-state index is 12.2. The van der Waals surface area contributed by atoms with Crippen LogP contribution in [0.25, 0.3) is 22.0 Å². The van der Waals surface area contributed by atoms with Crippen molar-refractivity contribution in [1.29, 1.82) is 0 Å². The second-order valence-corrected chi connectivity index (χ2v) is 5.98. The Balaban J connectivity index is 1.47. The van der Waals surface area contributed by atoms with Crippen LogP contribution in [0.3, 0.4) is 0 Å². The number of pyridine rings is 1. The molecule has 0 spiro atoms. The molecule has 0 saturated carbocycles. The molecule has 0 aliphatic heterocycles. The number of anilines is 1. The second-order valence-electron chi connectivity index (χ2n) is 5.98. The molecule has 2 aromatic carbocycles. The summed E-state index contributed by atoms with van der Waals surface area (Å²) in [7, 11) is 0. The van der Waals surface area contributed by atoms with Gasteiger partial charge in [0.15, 0.2) is 5.58 Å². The third-order valence-corrected chi connectivity index (χ3v) is 4.16. The van der Waals surface area contributed by atoms with Gasteiger partial charge in [-0.15, -0.1) is 0 Å². The number of aromatic nitrogens is 2. The number of benzene rings is 2. The topological polar surface area (TPSA) is 108 Å². The van der Waals surface area contributed by atoms with Crippen molar-refractivity contribution in [3.05, 3.63) is 75.0 Å². The van der Waals surface area contributed by atoms with Crippen LogP contribution in [0.4, 0.5) is 5.69 Å². The standard InChI is InChI=1S/C19H15N3O4/c23-17(20-13-6-7-15-16(10-13)26-19(25)22-15)8-5-12-9-11-3-1-2-4-14(11)21-18(12)24/h1-4,6-7,9-10H,5,8H2,(H,20,23)(H,21,24)(H,22,25). The number of carbonyl (C=O) groups is 1. The van der Waals surface area contributed by atoms with E-state index in [0.717, 1.165) is 10.9 Å². The first kappa shape index (κ1) is 15.9. The van der Waals surface area contributed by atoms with Gasteiger partial charge in [0.2, 0.25) is 5.91 Å². The molecule has 0 unspecified atom stereocenters. The van der Waals surface area contributed by atoms with Gasteiger partial charge in [-0.3, -0.25) is 14.6 Å². The average Bonchev–Trinajstić information content (AvgIpc) is 2.99. The summed E-state index contributed by atoms with van der Waals surface area (Å²) in [6.45, 7) is 0. The van der Waals surface area contributed by atoms with Crippen LogP contribution in [0.2, 0.25) is 0 Å². The van der Waals surface area contributed by atoms with Crippen LogP contribution >= 0.6 is 0 Å². The maximum atomic E-state index is 12.2. The molecule has 2 heterocycles. The highest BCUT2D eigenvalue weighted by Gasteiger charge is 2.09. The minimum atomic E-state index is -0.543. The fraction of sp³-hybridized carbons (Fsp3) is 0.105. The van der Waals surface area contributed by atoms with E-state index < -0.39 is 5.76 Å². The molecule has 4 rings (SSSR count). The van der Waals surface area contributed by atoms with Crippen LogP contribution in [0.1, 0.15) is 12.0 Å². The lowest BCUT2D eigenvalue weighted by Gasteiger charge is -2.06. The number of amides is 1. The maximum Gasteiger partial charge on any atom is 0.417 e. The smallest absolute Gasteiger partial charge is 0.408 e. The zero-order valence-electron chi connectivity index (χ0n) is 13.7. The van der Waals surface area contributed by atoms with Gasteiger partial charge in [0.1, 0.15) is 0 Å². The van der Waals surface area contributed by atoms with Gasteiger partial charge in [0.05, 0.1) is 5.52 Å². The van der Waals surface area contributed by atoms with Gasteiger partial charge in [0.25, 0.3) is 5.56 Å². The van der Waals surface area contributed by atoms with E-state index in [1.807, 2.05) is 30.3 Å². The number of fused-ring (bicyclic) bond motifs is 2. The molecule has 3 N–H and O–H groups in total. The van der Waals surface area contributed by atoms with Gasteiger partial charge in [-0.2, -0.15) is 0 Å². The minimum Gasteiger partial charge on any atom is -0.408 e. The van der Waals surface area contributed by atoms with E-state index in [1.54, 1.807) is 18.2 Å². The predicted molar refractivity (Wildman–Crippen MR) is 98.4 cm³/mol. The van der Waals surface area contributed by atoms with Crippen molar-refractivity contribution in [2.45, 2.75) is 12.8 Å². The molecule has 0 bridgehead atoms. The fourth-order valence-corrected chi connectivity index (χ4v) is 2.87. The summed E-state index contributed by atoms with van der Waals surface area (Å²) in [6, 6.07) is 14.2. The highest BCUT2D eigenvalue weighted by atomic mass is 16.4. The second kappa shape index (κ2) is 6.36. The molecule has 0 saturated heterocycles. The SMILES string of the molecule is O=C(CCc1cc2ccccc2[nH]c1=O)Nc1ccc2[nH]c(=O)oc2c1. The number of aromatic amines is 2. The van der Waals surface area contributed by atoms with Crippen LogP contribution in [0.5, 0.6) is 0 Å². The van der Waals surface area contributed by atoms with Crippen LogP contribution in [0.15, 0.2) is 62.5 Å². The first-order valence-electron chi connectivity index (χ1n) is 8.12. The zero-order valence-corrected chi connectivity index (χ0v) is 13.7. The Morgan fingerprint density at radius 1 is 1.00 bits per heavy atom. The lowest BCUT2D eigenvalue weighted by atomic mass is 10.1. The predicted octanol–water partition coefficient (Wildman–Crippen LogP) is 2.53. The Morgan fingerprint density at radius 3 is 2.73 bits per heavy atom. The summed E-state index contributed by atoms with van der Waals surface area (Å²) in [5.74, 6) is -0.770. The molecule has 0 aliphatic rings. The highest BCUT2D eigenvalue weighted by Crippen LogP contribution is 2.17. The Labute approximate surface area is 146 Å². The summed E-state index contributed by atoms with van der Waals surface area (Å²) in [5.41, 5.74) is 2.61. The van der Waals surface area contributed by atoms with E-state index in [0.29, 0.717) is 28.8 Å². The highest BCUT2D eigenvalue weighted by molar-refractivity contribution is 5.92. The number of hydrogen-bond acceptors (Lipinski definition) is 4. The molecule has 0 fully saturated rings. The summed E-state index contributed by atoms with van der Waals surface area (Å²) < 4.78 is 4.97. The van der Waals surface area contributed by atoms with Crippen molar-refractivity contribution in [2.75, 3.05) is 5.32 Å². The molecule has 7 heteroatoms. The number of hydrogen-bond donors (Lipinski definition) is 3. The van der Waals surface area contributed by atoms with Crippen molar-refractivity contribution in [2.24, 2.45) is 0 Å². The van der Waals surface area contributed by atoms with Gasteiger partial charge in [-0.25, -0.2) is 4.79 Å². The number of rotatable bonds is 4. The molecule has 0 atom stereocenters. The minimum absolute atomic E-state index is 0.163. The Morgan fingerprint density at radius 2 is 1.85 bits per heavy atom. The van der Waals surface area contributed by atoms with Crippen molar-refractivity contribution < 1.29 is 9.21 Å². The van der Waals surface area contributed by atoms with Crippen LogP contribution in [0, 0.1) is 0 Å². The lowest BCUT2D eigenvalue weighted by molar-refractivity contribution is -0.116. The third kappa shape index (κ3) is 3.14. The summed E-state index contributed by atoms with van der Waals surface area (Å²) in [4.78, 5) is 40.8. The molecule has 2 aromatic heterocycles. The Kier molecular flexibility index (Phi) is 3.89. The van der Waals surface area contributed by atoms with Crippen LogP contribution in [-0.2, 0) is 11.2 Å². The normalized spacial score (nSPS) is 11.1. The number of H-pyrrole nitrogens is 2. The van der Waals surface area contributed by atoms with E-state index >= 15 is 0 Å². The van der Waals surface area contributed by atoms with Crippen molar-refractivity contribution >= 4 is 33.6 Å². The number of oxazole rings is 1. The third-order valence-electron chi connectivity index (χ3n) is 4.16. The van der Waals surface area contributed by atoms with Gasteiger partial charge in [0, 0.05) is 29.3 Å². The largest absolute Gasteiger partial charge is 0.417 e. The molecule has 0 aliphatic carbocycles. The first-order chi connectivity index (χ1) is 12.6. The first-order valence-corrected chi connectivity index (χ1v) is 8.12. The van der Waals surface area contributed by atoms with Gasteiger partial charge >= 0.3 is 5.76 Å².